The molecule has 4 atom stereocenters. The van der Waals surface area contributed by atoms with E-state index in [0.717, 1.165) is 56.8 Å². The molecule has 1 unspecified atom stereocenters. The van der Waals surface area contributed by atoms with E-state index in [1.54, 1.807) is 0 Å². The van der Waals surface area contributed by atoms with E-state index in [0.29, 0.717) is 31.1 Å². The minimum absolute atomic E-state index is 0.144. The first-order chi connectivity index (χ1) is 15.4. The molecule has 6 rings (SSSR count). The third-order valence-corrected chi connectivity index (χ3v) is 7.50. The van der Waals surface area contributed by atoms with Crippen LogP contribution in [0.3, 0.4) is 0 Å². The van der Waals surface area contributed by atoms with E-state index < -0.39 is 0 Å². The molecule has 7 heteroatoms. The summed E-state index contributed by atoms with van der Waals surface area (Å²) in [5, 5.41) is 8.85. The number of amides is 1. The molecule has 0 aliphatic carbocycles. The molecule has 7 nitrogen and oxygen atoms in total. The number of piperidine rings is 3. The molecule has 0 radical (unpaired) electrons. The van der Waals surface area contributed by atoms with Crippen molar-refractivity contribution in [2.75, 3.05) is 39.4 Å². The van der Waals surface area contributed by atoms with Gasteiger partial charge >= 0.3 is 0 Å². The van der Waals surface area contributed by atoms with Crippen LogP contribution in [0.4, 0.5) is 0 Å². The molecular formula is C25H35N5O2. The molecule has 2 aromatic rings. The molecule has 4 aliphatic rings. The largest absolute Gasteiger partial charge is 0.378 e. The lowest BCUT2D eigenvalue weighted by molar-refractivity contribution is -0.148. The lowest BCUT2D eigenvalue weighted by Gasteiger charge is -2.50. The average Bonchev–Trinajstić information content (AvgIpc) is 3.27. The fourth-order valence-corrected chi connectivity index (χ4v) is 5.50. The molecule has 172 valence electrons. The van der Waals surface area contributed by atoms with E-state index in [9.17, 15) is 4.79 Å². The van der Waals surface area contributed by atoms with Gasteiger partial charge in [-0.25, -0.2) is 0 Å². The maximum Gasteiger partial charge on any atom is 0.227 e. The van der Waals surface area contributed by atoms with Crippen LogP contribution >= 0.6 is 0 Å². The predicted octanol–water partition coefficient (Wildman–Crippen LogP) is 2.81. The summed E-state index contributed by atoms with van der Waals surface area (Å²) in [6.07, 6.45) is 4.25. The zero-order chi connectivity index (χ0) is 22.3. The first-order valence-corrected chi connectivity index (χ1v) is 12.0. The Kier molecular flexibility index (Phi) is 5.80. The summed E-state index contributed by atoms with van der Waals surface area (Å²) in [6, 6.07) is 9.09. The van der Waals surface area contributed by atoms with E-state index in [-0.39, 0.29) is 11.3 Å². The highest BCUT2D eigenvalue weighted by atomic mass is 16.5. The maximum atomic E-state index is 13.1. The Hall–Kier alpha value is -2.25. The zero-order valence-electron chi connectivity index (χ0n) is 19.5. The predicted molar refractivity (Wildman–Crippen MR) is 123 cm³/mol. The quantitative estimate of drug-likeness (QED) is 0.736. The molecule has 4 saturated heterocycles. The minimum atomic E-state index is 0.144. The first kappa shape index (κ1) is 21.6. The number of fused-ring (bicyclic) bond motifs is 3. The molecular weight excluding hydrogens is 402 g/mol. The van der Waals surface area contributed by atoms with Crippen molar-refractivity contribution in [3.63, 3.8) is 0 Å². The lowest BCUT2D eigenvalue weighted by Crippen LogP contribution is -2.59. The second kappa shape index (κ2) is 8.60. The first-order valence-electron chi connectivity index (χ1n) is 12.0. The smallest absolute Gasteiger partial charge is 0.227 e. The Labute approximate surface area is 190 Å². The highest BCUT2D eigenvalue weighted by Gasteiger charge is 2.44. The summed E-state index contributed by atoms with van der Waals surface area (Å²) < 4.78 is 7.40. The summed E-state index contributed by atoms with van der Waals surface area (Å²) in [5.41, 5.74) is 3.49. The summed E-state index contributed by atoms with van der Waals surface area (Å²) >= 11 is 0. The van der Waals surface area contributed by atoms with E-state index >= 15 is 0 Å². The second-order valence-corrected chi connectivity index (χ2v) is 10.6. The SMILES string of the molecule is CC(C)(C)c1ccc(-c2cn(C[C@H]3C[C@H]4CCN3C[C@@H]4C(=O)N3CCOCC3)nn2)cc1. The van der Waals surface area contributed by atoms with Crippen molar-refractivity contribution in [1.82, 2.24) is 24.8 Å². The third-order valence-electron chi connectivity index (χ3n) is 7.50. The maximum absolute atomic E-state index is 13.1. The molecule has 0 saturated carbocycles. The van der Waals surface area contributed by atoms with Gasteiger partial charge in [-0.2, -0.15) is 0 Å². The Balaban J connectivity index is 1.22. The molecule has 4 aliphatic heterocycles. The van der Waals surface area contributed by atoms with Gasteiger partial charge in [0.1, 0.15) is 5.69 Å². The molecule has 2 bridgehead atoms. The van der Waals surface area contributed by atoms with Crippen LogP contribution in [-0.4, -0.2) is 76.1 Å². The molecule has 5 heterocycles. The van der Waals surface area contributed by atoms with Gasteiger partial charge in [0.25, 0.3) is 0 Å². The Morgan fingerprint density at radius 2 is 1.88 bits per heavy atom. The summed E-state index contributed by atoms with van der Waals surface area (Å²) in [6.45, 7) is 12.3. The fourth-order valence-electron chi connectivity index (χ4n) is 5.50. The number of hydrogen-bond acceptors (Lipinski definition) is 5. The fraction of sp³-hybridized carbons (Fsp3) is 0.640. The van der Waals surface area contributed by atoms with E-state index in [4.69, 9.17) is 4.74 Å². The summed E-state index contributed by atoms with van der Waals surface area (Å²) in [4.78, 5) is 17.6. The van der Waals surface area contributed by atoms with Crippen LogP contribution in [0.1, 0.15) is 39.2 Å². The zero-order valence-corrected chi connectivity index (χ0v) is 19.5. The topological polar surface area (TPSA) is 63.5 Å². The van der Waals surface area contributed by atoms with Crippen molar-refractivity contribution in [2.24, 2.45) is 11.8 Å². The van der Waals surface area contributed by atoms with Gasteiger partial charge in [0, 0.05) is 31.2 Å². The van der Waals surface area contributed by atoms with E-state index in [1.807, 2.05) is 9.58 Å². The van der Waals surface area contributed by atoms with Gasteiger partial charge in [0.15, 0.2) is 0 Å². The van der Waals surface area contributed by atoms with E-state index in [1.165, 1.54) is 5.56 Å². The number of benzene rings is 1. The highest BCUT2D eigenvalue weighted by molar-refractivity contribution is 5.79. The van der Waals surface area contributed by atoms with Gasteiger partial charge in [0.2, 0.25) is 5.91 Å². The van der Waals surface area contributed by atoms with Crippen molar-refractivity contribution < 1.29 is 9.53 Å². The van der Waals surface area contributed by atoms with Crippen LogP contribution < -0.4 is 0 Å². The van der Waals surface area contributed by atoms with Crippen LogP contribution in [0.25, 0.3) is 11.3 Å². The molecule has 1 amide bonds. The molecule has 1 aromatic heterocycles. The van der Waals surface area contributed by atoms with Gasteiger partial charge in [-0.05, 0) is 36.3 Å². The minimum Gasteiger partial charge on any atom is -0.378 e. The van der Waals surface area contributed by atoms with Gasteiger partial charge in [-0.3, -0.25) is 14.4 Å². The number of carbonyl (C=O) groups excluding carboxylic acids is 1. The summed E-state index contributed by atoms with van der Waals surface area (Å²) in [5.74, 6) is 0.960. The van der Waals surface area contributed by atoms with Crippen molar-refractivity contribution in [2.45, 2.75) is 51.6 Å². The van der Waals surface area contributed by atoms with Crippen molar-refractivity contribution in [3.8, 4) is 11.3 Å². The van der Waals surface area contributed by atoms with Crippen LogP contribution in [0.2, 0.25) is 0 Å². The molecule has 1 aromatic carbocycles. The van der Waals surface area contributed by atoms with E-state index in [2.05, 4.69) is 66.4 Å². The monoisotopic (exact) mass is 437 g/mol. The average molecular weight is 438 g/mol. The number of rotatable bonds is 4. The Morgan fingerprint density at radius 3 is 2.53 bits per heavy atom. The third kappa shape index (κ3) is 4.33. The van der Waals surface area contributed by atoms with Crippen LogP contribution in [0.15, 0.2) is 30.5 Å². The van der Waals surface area contributed by atoms with Crippen molar-refractivity contribution >= 4 is 5.91 Å². The van der Waals surface area contributed by atoms with Crippen molar-refractivity contribution in [3.05, 3.63) is 36.0 Å². The number of hydrogen-bond donors (Lipinski definition) is 0. The molecule has 32 heavy (non-hydrogen) atoms. The van der Waals surface area contributed by atoms with Crippen LogP contribution in [-0.2, 0) is 21.5 Å². The number of nitrogens with zero attached hydrogens (tertiary/aromatic N) is 5. The highest BCUT2D eigenvalue weighted by Crippen LogP contribution is 2.38. The van der Waals surface area contributed by atoms with Crippen LogP contribution in [0, 0.1) is 11.8 Å². The number of carbonyl (C=O) groups is 1. The normalized spacial score (nSPS) is 28.2. The standard InChI is InChI=1S/C25H35N5O2/c1-25(2,3)20-6-4-18(5-7-20)23-17-30(27-26-23)15-21-14-19-8-9-29(21)16-22(19)24(31)28-10-12-32-13-11-28/h4-7,17,19,21-22H,8-16H2,1-3H3/t19-,21-,22+/m1/s1. The second-order valence-electron chi connectivity index (χ2n) is 10.6. The lowest BCUT2D eigenvalue weighted by atomic mass is 9.75. The number of ether oxygens (including phenoxy) is 1. The molecule has 0 spiro atoms. The number of morpholine rings is 1. The molecule has 0 N–H and O–H groups in total. The van der Waals surface area contributed by atoms with Crippen LogP contribution in [0.5, 0.6) is 0 Å². The number of aromatic nitrogens is 3. The Bertz CT molecular complexity index is 942. The molecule has 4 fully saturated rings. The van der Waals surface area contributed by atoms with Crippen molar-refractivity contribution in [1.29, 1.82) is 0 Å². The van der Waals surface area contributed by atoms with Gasteiger partial charge in [0.05, 0.1) is 31.9 Å². The Morgan fingerprint density at radius 1 is 1.12 bits per heavy atom. The van der Waals surface area contributed by atoms with Gasteiger partial charge in [-0.1, -0.05) is 50.3 Å². The van der Waals surface area contributed by atoms with Gasteiger partial charge < -0.3 is 9.64 Å². The van der Waals surface area contributed by atoms with Gasteiger partial charge in [-0.15, -0.1) is 5.10 Å². The summed E-state index contributed by atoms with van der Waals surface area (Å²) in [7, 11) is 0.